The minimum absolute atomic E-state index is 0.0328. The Balaban J connectivity index is 1.91. The summed E-state index contributed by atoms with van der Waals surface area (Å²) in [4.78, 5) is 16.6. The van der Waals surface area contributed by atoms with Crippen LogP contribution in [0.4, 0.5) is 0 Å². The van der Waals surface area contributed by atoms with Crippen LogP contribution in [0.25, 0.3) is 5.65 Å². The van der Waals surface area contributed by atoms with Crippen molar-refractivity contribution in [1.29, 1.82) is 0 Å². The third-order valence-electron chi connectivity index (χ3n) is 4.00. The Morgan fingerprint density at radius 2 is 2.27 bits per heavy atom. The van der Waals surface area contributed by atoms with Crippen LogP contribution in [-0.2, 0) is 17.9 Å². The molecule has 0 bridgehead atoms. The third kappa shape index (κ3) is 2.00. The number of nitrogens with zero attached hydrogens (tertiary/aromatic N) is 2. The Bertz CT molecular complexity index is 849. The van der Waals surface area contributed by atoms with Gasteiger partial charge in [-0.1, -0.05) is 6.07 Å². The van der Waals surface area contributed by atoms with Gasteiger partial charge in [0.2, 0.25) is 5.91 Å². The van der Waals surface area contributed by atoms with Gasteiger partial charge in [0.1, 0.15) is 23.8 Å². The topological polar surface area (TPSA) is 79.8 Å². The minimum Gasteiger partial charge on any atom is -0.463 e. The van der Waals surface area contributed by atoms with Gasteiger partial charge in [0.25, 0.3) is 0 Å². The highest BCUT2D eigenvalue weighted by Gasteiger charge is 2.30. The summed E-state index contributed by atoms with van der Waals surface area (Å²) >= 11 is 0. The fourth-order valence-electron chi connectivity index (χ4n) is 3.00. The Morgan fingerprint density at radius 3 is 3.09 bits per heavy atom. The monoisotopic (exact) mass is 297 g/mol. The normalized spacial score (nSPS) is 18.0. The Labute approximate surface area is 126 Å². The van der Waals surface area contributed by atoms with E-state index in [0.29, 0.717) is 24.5 Å². The highest BCUT2D eigenvalue weighted by atomic mass is 16.4. The Morgan fingerprint density at radius 1 is 1.36 bits per heavy atom. The van der Waals surface area contributed by atoms with Gasteiger partial charge in [0, 0.05) is 12.6 Å². The number of carbonyl (C=O) groups excluding carboxylic acids is 1. The zero-order valence-electron chi connectivity index (χ0n) is 11.8. The molecule has 0 fully saturated rings. The Kier molecular flexibility index (Phi) is 2.97. The lowest BCUT2D eigenvalue weighted by atomic mass is 9.97. The SMILES string of the molecule is O=C1CC(c2ccc(CO)o2)c2c(nc3ccccn23)CN1. The molecule has 0 saturated heterocycles. The van der Waals surface area contributed by atoms with Crippen LogP contribution in [0.1, 0.15) is 35.2 Å². The highest BCUT2D eigenvalue weighted by Crippen LogP contribution is 2.34. The molecule has 4 heterocycles. The number of furan rings is 1. The number of aliphatic hydroxyl groups is 1. The van der Waals surface area contributed by atoms with Gasteiger partial charge in [-0.3, -0.25) is 4.79 Å². The first-order valence-electron chi connectivity index (χ1n) is 7.18. The number of pyridine rings is 1. The summed E-state index contributed by atoms with van der Waals surface area (Å²) in [6, 6.07) is 9.37. The molecule has 112 valence electrons. The molecule has 2 N–H and O–H groups in total. The average Bonchev–Trinajstić information content (AvgIpc) is 3.11. The van der Waals surface area contributed by atoms with Crippen LogP contribution in [0.3, 0.4) is 0 Å². The second kappa shape index (κ2) is 4.99. The second-order valence-electron chi connectivity index (χ2n) is 5.37. The summed E-state index contributed by atoms with van der Waals surface area (Å²) in [5.41, 5.74) is 2.67. The summed E-state index contributed by atoms with van der Waals surface area (Å²) in [6.07, 6.45) is 2.24. The predicted octanol–water partition coefficient (Wildman–Crippen LogP) is 1.57. The van der Waals surface area contributed by atoms with E-state index < -0.39 is 0 Å². The predicted molar refractivity (Wildman–Crippen MR) is 78.1 cm³/mol. The van der Waals surface area contributed by atoms with Gasteiger partial charge in [-0.15, -0.1) is 0 Å². The first-order chi connectivity index (χ1) is 10.8. The summed E-state index contributed by atoms with van der Waals surface area (Å²) < 4.78 is 7.68. The number of nitrogens with one attached hydrogen (secondary N) is 1. The van der Waals surface area contributed by atoms with Crippen LogP contribution in [-0.4, -0.2) is 20.4 Å². The summed E-state index contributed by atoms with van der Waals surface area (Å²) in [5, 5.41) is 12.1. The number of imidazole rings is 1. The van der Waals surface area contributed by atoms with Crippen molar-refractivity contribution in [2.75, 3.05) is 0 Å². The van der Waals surface area contributed by atoms with Crippen LogP contribution >= 0.6 is 0 Å². The van der Waals surface area contributed by atoms with Crippen molar-refractivity contribution in [3.8, 4) is 0 Å². The van der Waals surface area contributed by atoms with Gasteiger partial charge in [-0.05, 0) is 24.3 Å². The lowest BCUT2D eigenvalue weighted by molar-refractivity contribution is -0.121. The quantitative estimate of drug-likeness (QED) is 0.752. The molecule has 1 amide bonds. The van der Waals surface area contributed by atoms with Crippen molar-refractivity contribution in [2.24, 2.45) is 0 Å². The lowest BCUT2D eigenvalue weighted by Crippen LogP contribution is -2.21. The first-order valence-corrected chi connectivity index (χ1v) is 7.18. The first kappa shape index (κ1) is 13.1. The molecule has 0 radical (unpaired) electrons. The van der Waals surface area contributed by atoms with E-state index in [2.05, 4.69) is 10.3 Å². The van der Waals surface area contributed by atoms with Crippen molar-refractivity contribution >= 4 is 11.6 Å². The average molecular weight is 297 g/mol. The maximum absolute atomic E-state index is 12.0. The van der Waals surface area contributed by atoms with Crippen LogP contribution in [0.2, 0.25) is 0 Å². The summed E-state index contributed by atoms with van der Waals surface area (Å²) in [6.45, 7) is 0.263. The number of fused-ring (bicyclic) bond motifs is 3. The number of aromatic nitrogens is 2. The summed E-state index contributed by atoms with van der Waals surface area (Å²) in [7, 11) is 0. The van der Waals surface area contributed by atoms with Gasteiger partial charge >= 0.3 is 0 Å². The molecule has 1 aliphatic rings. The molecule has 22 heavy (non-hydrogen) atoms. The van der Waals surface area contributed by atoms with Crippen molar-refractivity contribution in [3.05, 3.63) is 59.4 Å². The van der Waals surface area contributed by atoms with E-state index in [1.807, 2.05) is 34.9 Å². The number of amides is 1. The molecule has 1 unspecified atom stereocenters. The minimum atomic E-state index is -0.213. The molecule has 6 nitrogen and oxygen atoms in total. The van der Waals surface area contributed by atoms with E-state index in [4.69, 9.17) is 4.42 Å². The molecule has 3 aromatic heterocycles. The number of aliphatic hydroxyl groups excluding tert-OH is 1. The molecule has 0 spiro atoms. The van der Waals surface area contributed by atoms with Crippen LogP contribution in [0.15, 0.2) is 40.9 Å². The summed E-state index contributed by atoms with van der Waals surface area (Å²) in [5.74, 6) is 0.924. The molecule has 4 rings (SSSR count). The molecule has 3 aromatic rings. The molecular weight excluding hydrogens is 282 g/mol. The van der Waals surface area contributed by atoms with Crippen molar-refractivity contribution in [2.45, 2.75) is 25.5 Å². The maximum Gasteiger partial charge on any atom is 0.221 e. The highest BCUT2D eigenvalue weighted by molar-refractivity contribution is 5.78. The van der Waals surface area contributed by atoms with Gasteiger partial charge in [-0.25, -0.2) is 4.98 Å². The zero-order chi connectivity index (χ0) is 15.1. The van der Waals surface area contributed by atoms with Crippen LogP contribution < -0.4 is 5.32 Å². The molecular formula is C16H15N3O3. The third-order valence-corrected chi connectivity index (χ3v) is 4.00. The molecule has 1 atom stereocenters. The van der Waals surface area contributed by atoms with E-state index in [-0.39, 0.29) is 18.4 Å². The Hall–Kier alpha value is -2.60. The fourth-order valence-corrected chi connectivity index (χ4v) is 3.00. The van der Waals surface area contributed by atoms with Crippen molar-refractivity contribution in [1.82, 2.24) is 14.7 Å². The molecule has 0 saturated carbocycles. The molecule has 1 aliphatic heterocycles. The van der Waals surface area contributed by atoms with Gasteiger partial charge < -0.3 is 19.2 Å². The standard InChI is InChI=1S/C16H15N3O3/c20-9-10-4-5-13(22-10)11-7-15(21)17-8-12-16(11)19-6-2-1-3-14(19)18-12/h1-6,11,20H,7-9H2,(H,17,21). The van der Waals surface area contributed by atoms with E-state index in [1.165, 1.54) is 0 Å². The number of hydrogen-bond donors (Lipinski definition) is 2. The van der Waals surface area contributed by atoms with E-state index >= 15 is 0 Å². The van der Waals surface area contributed by atoms with Gasteiger partial charge in [0.15, 0.2) is 0 Å². The van der Waals surface area contributed by atoms with E-state index in [1.54, 1.807) is 6.07 Å². The number of hydrogen-bond acceptors (Lipinski definition) is 4. The van der Waals surface area contributed by atoms with Crippen molar-refractivity contribution in [3.63, 3.8) is 0 Å². The zero-order valence-corrected chi connectivity index (χ0v) is 11.8. The van der Waals surface area contributed by atoms with Gasteiger partial charge in [-0.2, -0.15) is 0 Å². The maximum atomic E-state index is 12.0. The second-order valence-corrected chi connectivity index (χ2v) is 5.37. The lowest BCUT2D eigenvalue weighted by Gasteiger charge is -2.12. The fraction of sp³-hybridized carbons (Fsp3) is 0.250. The van der Waals surface area contributed by atoms with Crippen LogP contribution in [0.5, 0.6) is 0 Å². The van der Waals surface area contributed by atoms with E-state index in [9.17, 15) is 9.90 Å². The van der Waals surface area contributed by atoms with Gasteiger partial charge in [0.05, 0.1) is 23.9 Å². The number of rotatable bonds is 2. The molecule has 0 aliphatic carbocycles. The van der Waals surface area contributed by atoms with Crippen molar-refractivity contribution < 1.29 is 14.3 Å². The molecule has 6 heteroatoms. The smallest absolute Gasteiger partial charge is 0.221 e. The largest absolute Gasteiger partial charge is 0.463 e. The van der Waals surface area contributed by atoms with Crippen LogP contribution in [0, 0.1) is 0 Å². The number of carbonyl (C=O) groups is 1. The molecule has 0 aromatic carbocycles. The van der Waals surface area contributed by atoms with E-state index in [0.717, 1.165) is 17.0 Å².